The van der Waals surface area contributed by atoms with Crippen LogP contribution in [0.3, 0.4) is 0 Å². The van der Waals surface area contributed by atoms with E-state index in [1.807, 2.05) is 0 Å². The SMILES string of the molecule is Nc1nnc(SCC(=O)c2ccccc2F)s1. The van der Waals surface area contributed by atoms with Crippen LogP contribution >= 0.6 is 23.1 Å². The first kappa shape index (κ1) is 12.0. The Hall–Kier alpha value is -1.47. The molecule has 0 aliphatic heterocycles. The number of halogens is 1. The van der Waals surface area contributed by atoms with Gasteiger partial charge in [0.1, 0.15) is 5.82 Å². The summed E-state index contributed by atoms with van der Waals surface area (Å²) >= 11 is 2.40. The van der Waals surface area contributed by atoms with Crippen LogP contribution in [0.15, 0.2) is 28.6 Å². The number of thioether (sulfide) groups is 1. The topological polar surface area (TPSA) is 68.9 Å². The van der Waals surface area contributed by atoms with E-state index in [1.165, 1.54) is 35.2 Å². The van der Waals surface area contributed by atoms with Gasteiger partial charge in [0.2, 0.25) is 5.13 Å². The lowest BCUT2D eigenvalue weighted by molar-refractivity contribution is 0.101. The number of hydrogen-bond acceptors (Lipinski definition) is 6. The predicted molar refractivity (Wildman–Crippen MR) is 65.8 cm³/mol. The van der Waals surface area contributed by atoms with Crippen LogP contribution in [-0.4, -0.2) is 21.7 Å². The van der Waals surface area contributed by atoms with Crippen molar-refractivity contribution < 1.29 is 9.18 Å². The molecule has 2 N–H and O–H groups in total. The van der Waals surface area contributed by atoms with Crippen LogP contribution in [0.5, 0.6) is 0 Å². The van der Waals surface area contributed by atoms with Crippen LogP contribution < -0.4 is 5.73 Å². The van der Waals surface area contributed by atoms with Gasteiger partial charge in [-0.05, 0) is 12.1 Å². The van der Waals surface area contributed by atoms with Crippen LogP contribution in [-0.2, 0) is 0 Å². The van der Waals surface area contributed by atoms with E-state index in [-0.39, 0.29) is 17.1 Å². The van der Waals surface area contributed by atoms with E-state index in [0.29, 0.717) is 9.47 Å². The van der Waals surface area contributed by atoms with E-state index < -0.39 is 5.82 Å². The minimum absolute atomic E-state index is 0.0949. The molecule has 0 spiro atoms. The van der Waals surface area contributed by atoms with Crippen molar-refractivity contribution in [2.75, 3.05) is 11.5 Å². The van der Waals surface area contributed by atoms with Crippen molar-refractivity contribution >= 4 is 34.0 Å². The fourth-order valence-electron chi connectivity index (χ4n) is 1.17. The van der Waals surface area contributed by atoms with E-state index in [1.54, 1.807) is 12.1 Å². The first-order valence-electron chi connectivity index (χ1n) is 4.66. The number of aromatic nitrogens is 2. The van der Waals surface area contributed by atoms with Crippen molar-refractivity contribution in [3.8, 4) is 0 Å². The van der Waals surface area contributed by atoms with Crippen LogP contribution in [0.25, 0.3) is 0 Å². The highest BCUT2D eigenvalue weighted by Gasteiger charge is 2.12. The molecule has 4 nitrogen and oxygen atoms in total. The van der Waals surface area contributed by atoms with Crippen molar-refractivity contribution in [2.24, 2.45) is 0 Å². The Morgan fingerprint density at radius 1 is 1.41 bits per heavy atom. The Labute approximate surface area is 105 Å². The van der Waals surface area contributed by atoms with E-state index in [4.69, 9.17) is 5.73 Å². The second kappa shape index (κ2) is 5.24. The van der Waals surface area contributed by atoms with Gasteiger partial charge in [-0.15, -0.1) is 10.2 Å². The van der Waals surface area contributed by atoms with Gasteiger partial charge in [-0.25, -0.2) is 4.39 Å². The molecule has 0 saturated carbocycles. The van der Waals surface area contributed by atoms with Crippen molar-refractivity contribution in [3.05, 3.63) is 35.6 Å². The molecule has 0 amide bonds. The number of Topliss-reactive ketones (excluding diaryl/α,β-unsaturated/α-hetero) is 1. The summed E-state index contributed by atoms with van der Waals surface area (Å²) < 4.78 is 13.9. The zero-order chi connectivity index (χ0) is 12.3. The predicted octanol–water partition coefficient (Wildman–Crippen LogP) is 2.23. The molecule has 1 aromatic carbocycles. The van der Waals surface area contributed by atoms with Gasteiger partial charge < -0.3 is 5.73 Å². The first-order chi connectivity index (χ1) is 8.16. The molecule has 2 rings (SSSR count). The number of ketones is 1. The number of nitrogen functional groups attached to an aromatic ring is 1. The van der Waals surface area contributed by atoms with Gasteiger partial charge in [0, 0.05) is 0 Å². The molecule has 0 aliphatic rings. The Morgan fingerprint density at radius 2 is 2.18 bits per heavy atom. The Balaban J connectivity index is 2.01. The first-order valence-corrected chi connectivity index (χ1v) is 6.46. The number of nitrogens with two attached hydrogens (primary N) is 1. The lowest BCUT2D eigenvalue weighted by Gasteiger charge is -2.00. The lowest BCUT2D eigenvalue weighted by Crippen LogP contribution is -2.04. The fraction of sp³-hybridized carbons (Fsp3) is 0.100. The van der Waals surface area contributed by atoms with Gasteiger partial charge in [0.05, 0.1) is 11.3 Å². The highest BCUT2D eigenvalue weighted by Crippen LogP contribution is 2.24. The van der Waals surface area contributed by atoms with Crippen molar-refractivity contribution in [3.63, 3.8) is 0 Å². The highest BCUT2D eigenvalue weighted by molar-refractivity contribution is 8.01. The molecule has 1 heterocycles. The molecule has 0 atom stereocenters. The smallest absolute Gasteiger partial charge is 0.203 e. The second-order valence-electron chi connectivity index (χ2n) is 3.10. The number of anilines is 1. The maximum Gasteiger partial charge on any atom is 0.203 e. The molecule has 0 saturated heterocycles. The molecule has 0 radical (unpaired) electrons. The Bertz CT molecular complexity index is 544. The third kappa shape index (κ3) is 3.01. The number of benzene rings is 1. The minimum Gasteiger partial charge on any atom is -0.374 e. The second-order valence-corrected chi connectivity index (χ2v) is 5.33. The standard InChI is InChI=1S/C10H8FN3OS2/c11-7-4-2-1-3-6(7)8(15)5-16-10-14-13-9(12)17-10/h1-4H,5H2,(H2,12,13). The van der Waals surface area contributed by atoms with Gasteiger partial charge in [-0.2, -0.15) is 0 Å². The van der Waals surface area contributed by atoms with Gasteiger partial charge >= 0.3 is 0 Å². The zero-order valence-electron chi connectivity index (χ0n) is 8.59. The van der Waals surface area contributed by atoms with E-state index in [2.05, 4.69) is 10.2 Å². The molecule has 17 heavy (non-hydrogen) atoms. The number of rotatable bonds is 4. The Kier molecular flexibility index (Phi) is 3.70. The van der Waals surface area contributed by atoms with Crippen LogP contribution in [0.2, 0.25) is 0 Å². The molecular formula is C10H8FN3OS2. The maximum atomic E-state index is 13.3. The van der Waals surface area contributed by atoms with Gasteiger partial charge in [-0.1, -0.05) is 35.2 Å². The number of carbonyl (C=O) groups is 1. The largest absolute Gasteiger partial charge is 0.374 e. The Morgan fingerprint density at radius 3 is 2.82 bits per heavy atom. The molecular weight excluding hydrogens is 261 g/mol. The number of nitrogens with zero attached hydrogens (tertiary/aromatic N) is 2. The van der Waals surface area contributed by atoms with Gasteiger partial charge in [0.15, 0.2) is 10.1 Å². The molecule has 7 heteroatoms. The highest BCUT2D eigenvalue weighted by atomic mass is 32.2. The van der Waals surface area contributed by atoms with E-state index in [9.17, 15) is 9.18 Å². The van der Waals surface area contributed by atoms with E-state index in [0.717, 1.165) is 0 Å². The lowest BCUT2D eigenvalue weighted by atomic mass is 10.1. The minimum atomic E-state index is -0.505. The van der Waals surface area contributed by atoms with Crippen LogP contribution in [0.4, 0.5) is 9.52 Å². The summed E-state index contributed by atoms with van der Waals surface area (Å²) in [6.07, 6.45) is 0. The molecule has 0 unspecified atom stereocenters. The summed E-state index contributed by atoms with van der Waals surface area (Å²) in [7, 11) is 0. The van der Waals surface area contributed by atoms with Crippen molar-refractivity contribution in [2.45, 2.75) is 4.34 Å². The molecule has 0 fully saturated rings. The van der Waals surface area contributed by atoms with Crippen LogP contribution in [0, 0.1) is 5.82 Å². The fourth-order valence-corrected chi connectivity index (χ4v) is 2.69. The quantitative estimate of drug-likeness (QED) is 0.681. The molecule has 88 valence electrons. The molecule has 2 aromatic rings. The third-order valence-corrected chi connectivity index (χ3v) is 3.81. The molecule has 0 aliphatic carbocycles. The summed E-state index contributed by atoms with van der Waals surface area (Å²) in [6, 6.07) is 5.90. The summed E-state index contributed by atoms with van der Waals surface area (Å²) in [5, 5.41) is 7.74. The summed E-state index contributed by atoms with van der Waals surface area (Å²) in [5.41, 5.74) is 5.50. The average Bonchev–Trinajstić information content (AvgIpc) is 2.73. The molecule has 1 aromatic heterocycles. The third-order valence-electron chi connectivity index (χ3n) is 1.92. The zero-order valence-corrected chi connectivity index (χ0v) is 10.2. The summed E-state index contributed by atoms with van der Waals surface area (Å²) in [4.78, 5) is 11.7. The average molecular weight is 269 g/mol. The maximum absolute atomic E-state index is 13.3. The summed E-state index contributed by atoms with van der Waals surface area (Å²) in [5.74, 6) is -0.660. The number of carbonyl (C=O) groups excluding carboxylic acids is 1. The molecule has 0 bridgehead atoms. The van der Waals surface area contributed by atoms with Gasteiger partial charge in [-0.3, -0.25) is 4.79 Å². The van der Waals surface area contributed by atoms with Crippen LogP contribution in [0.1, 0.15) is 10.4 Å². The summed E-state index contributed by atoms with van der Waals surface area (Å²) in [6.45, 7) is 0. The van der Waals surface area contributed by atoms with E-state index >= 15 is 0 Å². The monoisotopic (exact) mass is 269 g/mol. The van der Waals surface area contributed by atoms with Crippen molar-refractivity contribution in [1.29, 1.82) is 0 Å². The normalized spacial score (nSPS) is 10.4. The van der Waals surface area contributed by atoms with Crippen molar-refractivity contribution in [1.82, 2.24) is 10.2 Å². The number of hydrogen-bond donors (Lipinski definition) is 1. The van der Waals surface area contributed by atoms with Gasteiger partial charge in [0.25, 0.3) is 0 Å².